The lowest BCUT2D eigenvalue weighted by atomic mass is 10.1. The highest BCUT2D eigenvalue weighted by atomic mass is 35.5. The van der Waals surface area contributed by atoms with Gasteiger partial charge in [-0.1, -0.05) is 23.2 Å². The molecule has 7 nitrogen and oxygen atoms in total. The van der Waals surface area contributed by atoms with E-state index in [1.54, 1.807) is 36.4 Å². The molecule has 0 unspecified atom stereocenters. The van der Waals surface area contributed by atoms with Gasteiger partial charge >= 0.3 is 5.97 Å². The molecular formula is C21H21Cl2N3O4S. The van der Waals surface area contributed by atoms with Gasteiger partial charge in [0.1, 0.15) is 6.07 Å². The molecule has 0 aliphatic carbocycles. The molecule has 1 saturated heterocycles. The molecule has 31 heavy (non-hydrogen) atoms. The molecule has 1 heterocycles. The molecule has 0 bridgehead atoms. The average Bonchev–Trinajstić information content (AvgIpc) is 3.23. The number of rotatable bonds is 6. The zero-order valence-electron chi connectivity index (χ0n) is 17.0. The minimum absolute atomic E-state index is 0.142. The van der Waals surface area contributed by atoms with E-state index in [9.17, 15) is 18.5 Å². The SMILES string of the molecule is COC(=O)c1ccc(Cl)c(CN(c2ccc(C#N)c(Cl)c2)[C@H]2CCN(S(C)(=O)=O)C2)c1. The van der Waals surface area contributed by atoms with E-state index in [1.165, 1.54) is 17.7 Å². The van der Waals surface area contributed by atoms with E-state index in [0.717, 1.165) is 5.69 Å². The first-order valence-corrected chi connectivity index (χ1v) is 12.0. The highest BCUT2D eigenvalue weighted by molar-refractivity contribution is 7.88. The van der Waals surface area contributed by atoms with Crippen molar-refractivity contribution in [3.05, 3.63) is 63.1 Å². The van der Waals surface area contributed by atoms with Crippen LogP contribution in [0.5, 0.6) is 0 Å². The van der Waals surface area contributed by atoms with Crippen molar-refractivity contribution < 1.29 is 17.9 Å². The van der Waals surface area contributed by atoms with E-state index >= 15 is 0 Å². The van der Waals surface area contributed by atoms with Crippen molar-refractivity contribution >= 4 is 44.9 Å². The summed E-state index contributed by atoms with van der Waals surface area (Å²) >= 11 is 12.7. The second kappa shape index (κ2) is 9.45. The highest BCUT2D eigenvalue weighted by Crippen LogP contribution is 2.31. The molecule has 0 radical (unpaired) electrons. The van der Waals surface area contributed by atoms with E-state index in [0.29, 0.717) is 52.8 Å². The van der Waals surface area contributed by atoms with Crippen molar-refractivity contribution in [2.24, 2.45) is 0 Å². The number of esters is 1. The maximum absolute atomic E-state index is 12.0. The van der Waals surface area contributed by atoms with Crippen LogP contribution in [0.25, 0.3) is 0 Å². The molecule has 2 aromatic rings. The van der Waals surface area contributed by atoms with E-state index in [-0.39, 0.29) is 6.04 Å². The molecule has 1 fully saturated rings. The van der Waals surface area contributed by atoms with Crippen LogP contribution in [-0.4, -0.2) is 51.2 Å². The Balaban J connectivity index is 2.00. The molecule has 0 aromatic heterocycles. The Hall–Kier alpha value is -2.31. The molecule has 10 heteroatoms. The van der Waals surface area contributed by atoms with Gasteiger partial charge in [-0.3, -0.25) is 0 Å². The molecular weight excluding hydrogens is 461 g/mol. The standard InChI is InChI=1S/C21H21Cl2N3O4S/c1-30-21(27)14-4-6-19(22)16(9-14)12-26(17-5-3-15(11-24)20(23)10-17)18-7-8-25(13-18)31(2,28)29/h3-6,9-10,18H,7-8,12-13H2,1-2H3/t18-/m0/s1. The number of carbonyl (C=O) groups excluding carboxylic acids is 1. The molecule has 2 aromatic carbocycles. The van der Waals surface area contributed by atoms with Gasteiger partial charge in [0.05, 0.1) is 29.5 Å². The lowest BCUT2D eigenvalue weighted by molar-refractivity contribution is 0.0600. The zero-order chi connectivity index (χ0) is 22.8. The fourth-order valence-corrected chi connectivity index (χ4v) is 4.87. The largest absolute Gasteiger partial charge is 0.465 e. The minimum atomic E-state index is -3.32. The van der Waals surface area contributed by atoms with Gasteiger partial charge in [0.2, 0.25) is 10.0 Å². The summed E-state index contributed by atoms with van der Waals surface area (Å²) in [6.07, 6.45) is 1.80. The van der Waals surface area contributed by atoms with Gasteiger partial charge in [-0.25, -0.2) is 17.5 Å². The van der Waals surface area contributed by atoms with E-state index in [4.69, 9.17) is 27.9 Å². The molecule has 0 N–H and O–H groups in total. The predicted molar refractivity (Wildman–Crippen MR) is 120 cm³/mol. The Morgan fingerprint density at radius 2 is 2.00 bits per heavy atom. The fraction of sp³-hybridized carbons (Fsp3) is 0.333. The summed E-state index contributed by atoms with van der Waals surface area (Å²) in [6.45, 7) is 1.03. The second-order valence-corrected chi connectivity index (χ2v) is 10.1. The van der Waals surface area contributed by atoms with Crippen LogP contribution in [0.15, 0.2) is 36.4 Å². The highest BCUT2D eigenvalue weighted by Gasteiger charge is 2.33. The smallest absolute Gasteiger partial charge is 0.337 e. The first-order chi connectivity index (χ1) is 14.6. The summed E-state index contributed by atoms with van der Waals surface area (Å²) in [5, 5.41) is 9.95. The van der Waals surface area contributed by atoms with Crippen LogP contribution in [-0.2, 0) is 21.3 Å². The fourth-order valence-electron chi connectivity index (χ4n) is 3.60. The van der Waals surface area contributed by atoms with Crippen LogP contribution < -0.4 is 4.90 Å². The molecule has 0 spiro atoms. The van der Waals surface area contributed by atoms with Crippen molar-refractivity contribution in [2.75, 3.05) is 31.4 Å². The number of nitriles is 1. The Morgan fingerprint density at radius 1 is 1.26 bits per heavy atom. The summed E-state index contributed by atoms with van der Waals surface area (Å²) in [6, 6.07) is 11.8. The molecule has 0 saturated carbocycles. The number of carbonyl (C=O) groups is 1. The molecule has 1 aliphatic rings. The van der Waals surface area contributed by atoms with Gasteiger partial charge in [0.15, 0.2) is 0 Å². The molecule has 1 aliphatic heterocycles. The summed E-state index contributed by atoms with van der Waals surface area (Å²) in [5.41, 5.74) is 2.12. The normalized spacial score (nSPS) is 16.7. The van der Waals surface area contributed by atoms with Gasteiger partial charge in [0, 0.05) is 36.4 Å². The number of ether oxygens (including phenoxy) is 1. The van der Waals surface area contributed by atoms with Gasteiger partial charge < -0.3 is 9.64 Å². The monoisotopic (exact) mass is 481 g/mol. The number of hydrogen-bond acceptors (Lipinski definition) is 6. The first kappa shape index (κ1) is 23.4. The third kappa shape index (κ3) is 5.31. The molecule has 164 valence electrons. The Kier molecular flexibility index (Phi) is 7.12. The summed E-state index contributed by atoms with van der Waals surface area (Å²) < 4.78 is 30.3. The van der Waals surface area contributed by atoms with Crippen molar-refractivity contribution in [1.82, 2.24) is 4.31 Å². The molecule has 1 atom stereocenters. The van der Waals surface area contributed by atoms with Crippen molar-refractivity contribution in [1.29, 1.82) is 5.26 Å². The van der Waals surface area contributed by atoms with Crippen LogP contribution in [0.2, 0.25) is 10.0 Å². The zero-order valence-corrected chi connectivity index (χ0v) is 19.3. The summed E-state index contributed by atoms with van der Waals surface area (Å²) in [5.74, 6) is -0.477. The molecule has 3 rings (SSSR count). The van der Waals surface area contributed by atoms with Gasteiger partial charge in [-0.15, -0.1) is 0 Å². The number of sulfonamides is 1. The number of halogens is 2. The number of benzene rings is 2. The topological polar surface area (TPSA) is 90.7 Å². The van der Waals surface area contributed by atoms with Crippen LogP contribution in [0.1, 0.15) is 27.9 Å². The predicted octanol–water partition coefficient (Wildman–Crippen LogP) is 3.69. The van der Waals surface area contributed by atoms with Crippen LogP contribution in [0.3, 0.4) is 0 Å². The Morgan fingerprint density at radius 3 is 2.58 bits per heavy atom. The number of nitrogens with zero attached hydrogens (tertiary/aromatic N) is 3. The lowest BCUT2D eigenvalue weighted by Crippen LogP contribution is -2.38. The van der Waals surface area contributed by atoms with Crippen molar-refractivity contribution in [2.45, 2.75) is 19.0 Å². The van der Waals surface area contributed by atoms with Crippen LogP contribution in [0, 0.1) is 11.3 Å². The van der Waals surface area contributed by atoms with E-state index in [1.807, 2.05) is 11.0 Å². The van der Waals surface area contributed by atoms with Crippen LogP contribution >= 0.6 is 23.2 Å². The van der Waals surface area contributed by atoms with Gasteiger partial charge in [0.25, 0.3) is 0 Å². The number of hydrogen-bond donors (Lipinski definition) is 0. The number of methoxy groups -OCH3 is 1. The van der Waals surface area contributed by atoms with E-state index in [2.05, 4.69) is 0 Å². The summed E-state index contributed by atoms with van der Waals surface area (Å²) in [7, 11) is -2.02. The van der Waals surface area contributed by atoms with Gasteiger partial charge in [-0.2, -0.15) is 5.26 Å². The van der Waals surface area contributed by atoms with Crippen molar-refractivity contribution in [3.8, 4) is 6.07 Å². The third-order valence-electron chi connectivity index (χ3n) is 5.25. The summed E-state index contributed by atoms with van der Waals surface area (Å²) in [4.78, 5) is 14.0. The quantitative estimate of drug-likeness (QED) is 0.584. The second-order valence-electron chi connectivity index (χ2n) is 7.27. The maximum Gasteiger partial charge on any atom is 0.337 e. The molecule has 0 amide bonds. The Labute approximate surface area is 191 Å². The van der Waals surface area contributed by atoms with Gasteiger partial charge in [-0.05, 0) is 48.4 Å². The third-order valence-corrected chi connectivity index (χ3v) is 7.20. The van der Waals surface area contributed by atoms with Crippen molar-refractivity contribution in [3.63, 3.8) is 0 Å². The van der Waals surface area contributed by atoms with E-state index < -0.39 is 16.0 Å². The Bertz CT molecular complexity index is 1150. The average molecular weight is 482 g/mol. The lowest BCUT2D eigenvalue weighted by Gasteiger charge is -2.32. The van der Waals surface area contributed by atoms with Crippen LogP contribution in [0.4, 0.5) is 5.69 Å². The maximum atomic E-state index is 12.0. The number of anilines is 1. The first-order valence-electron chi connectivity index (χ1n) is 9.42. The minimum Gasteiger partial charge on any atom is -0.465 e.